The third kappa shape index (κ3) is 3.85. The summed E-state index contributed by atoms with van der Waals surface area (Å²) in [5.41, 5.74) is 0. The van der Waals surface area contributed by atoms with Crippen molar-refractivity contribution < 1.29 is 19.1 Å². The number of nitrogens with one attached hydrogen (secondary N) is 1. The fourth-order valence-electron chi connectivity index (χ4n) is 1.82. The maximum atomic E-state index is 12.1. The molecule has 0 spiro atoms. The number of urea groups is 1. The minimum absolute atomic E-state index is 0.274. The molecule has 112 valence electrons. The predicted molar refractivity (Wildman–Crippen MR) is 78.1 cm³/mol. The van der Waals surface area contributed by atoms with Gasteiger partial charge in [0, 0.05) is 11.9 Å². The minimum Gasteiger partial charge on any atom is -0.479 e. The highest BCUT2D eigenvalue weighted by Gasteiger charge is 2.24. The molecule has 0 aliphatic carbocycles. The van der Waals surface area contributed by atoms with Crippen molar-refractivity contribution >= 4 is 23.3 Å². The molecule has 2 N–H and O–H groups in total. The van der Waals surface area contributed by atoms with Crippen LogP contribution in [0.5, 0.6) is 0 Å². The first-order chi connectivity index (χ1) is 9.97. The molecule has 21 heavy (non-hydrogen) atoms. The lowest BCUT2D eigenvalue weighted by molar-refractivity contribution is -0.139. The predicted octanol–water partition coefficient (Wildman–Crippen LogP) is 2.62. The molecule has 7 heteroatoms. The Balaban J connectivity index is 2.00. The average molecular weight is 308 g/mol. The fraction of sp³-hybridized carbons (Fsp3) is 0.286. The number of hydrogen-bond donors (Lipinski definition) is 2. The Bertz CT molecular complexity index is 621. The molecule has 2 heterocycles. The maximum Gasteiger partial charge on any atom is 0.331 e. The van der Waals surface area contributed by atoms with Gasteiger partial charge in [-0.25, -0.2) is 9.59 Å². The van der Waals surface area contributed by atoms with Gasteiger partial charge in [0.25, 0.3) is 0 Å². The number of carbonyl (C=O) groups excluding carboxylic acids is 1. The molecule has 6 nitrogen and oxygen atoms in total. The van der Waals surface area contributed by atoms with Crippen LogP contribution in [0.1, 0.15) is 22.4 Å². The Hall–Kier alpha value is -2.28. The SMILES string of the molecule is Cc1ccc(CN(C)C(=O)NC(C(=O)O)c2cccs2)o1. The summed E-state index contributed by atoms with van der Waals surface area (Å²) in [7, 11) is 1.58. The number of hydrogen-bond acceptors (Lipinski definition) is 4. The van der Waals surface area contributed by atoms with Crippen LogP contribution < -0.4 is 5.32 Å². The Morgan fingerprint density at radius 1 is 1.43 bits per heavy atom. The molecule has 0 saturated heterocycles. The molecule has 0 aromatic carbocycles. The van der Waals surface area contributed by atoms with Gasteiger partial charge >= 0.3 is 12.0 Å². The number of thiophene rings is 1. The summed E-state index contributed by atoms with van der Waals surface area (Å²) in [6.07, 6.45) is 0. The Morgan fingerprint density at radius 3 is 2.71 bits per heavy atom. The van der Waals surface area contributed by atoms with E-state index in [-0.39, 0.29) is 6.54 Å². The smallest absolute Gasteiger partial charge is 0.331 e. The first-order valence-electron chi connectivity index (χ1n) is 6.30. The van der Waals surface area contributed by atoms with Crippen molar-refractivity contribution in [2.24, 2.45) is 0 Å². The fourth-order valence-corrected chi connectivity index (χ4v) is 2.59. The number of rotatable bonds is 5. The molecule has 0 radical (unpaired) electrons. The van der Waals surface area contributed by atoms with Gasteiger partial charge in [0.15, 0.2) is 6.04 Å². The van der Waals surface area contributed by atoms with Crippen molar-refractivity contribution in [3.63, 3.8) is 0 Å². The third-order valence-electron chi connectivity index (χ3n) is 2.88. The van der Waals surface area contributed by atoms with Gasteiger partial charge < -0.3 is 19.7 Å². The maximum absolute atomic E-state index is 12.1. The second-order valence-corrected chi connectivity index (χ2v) is 5.58. The van der Waals surface area contributed by atoms with E-state index in [4.69, 9.17) is 4.42 Å². The van der Waals surface area contributed by atoms with Crippen LogP contribution in [-0.4, -0.2) is 29.1 Å². The van der Waals surface area contributed by atoms with E-state index >= 15 is 0 Å². The van der Waals surface area contributed by atoms with Crippen molar-refractivity contribution in [1.29, 1.82) is 0 Å². The number of nitrogens with zero attached hydrogens (tertiary/aromatic N) is 1. The first-order valence-corrected chi connectivity index (χ1v) is 7.18. The lowest BCUT2D eigenvalue weighted by atomic mass is 10.2. The summed E-state index contributed by atoms with van der Waals surface area (Å²) in [4.78, 5) is 25.3. The second-order valence-electron chi connectivity index (χ2n) is 4.60. The Morgan fingerprint density at radius 2 is 2.19 bits per heavy atom. The lowest BCUT2D eigenvalue weighted by Gasteiger charge is -2.20. The summed E-state index contributed by atoms with van der Waals surface area (Å²) in [5, 5.41) is 13.5. The van der Waals surface area contributed by atoms with Gasteiger partial charge in [-0.15, -0.1) is 11.3 Å². The second kappa shape index (κ2) is 6.45. The monoisotopic (exact) mass is 308 g/mol. The highest BCUT2D eigenvalue weighted by molar-refractivity contribution is 7.10. The van der Waals surface area contributed by atoms with E-state index < -0.39 is 18.0 Å². The number of furan rings is 1. The van der Waals surface area contributed by atoms with Gasteiger partial charge in [-0.3, -0.25) is 0 Å². The van der Waals surface area contributed by atoms with Crippen LogP contribution in [0.2, 0.25) is 0 Å². The van der Waals surface area contributed by atoms with E-state index in [1.807, 2.05) is 13.0 Å². The normalized spacial score (nSPS) is 11.9. The quantitative estimate of drug-likeness (QED) is 0.889. The molecule has 0 bridgehead atoms. The van der Waals surface area contributed by atoms with Gasteiger partial charge in [0.05, 0.1) is 6.54 Å². The summed E-state index contributed by atoms with van der Waals surface area (Å²) in [6.45, 7) is 2.09. The van der Waals surface area contributed by atoms with E-state index in [1.54, 1.807) is 30.6 Å². The molecule has 2 aromatic rings. The van der Waals surface area contributed by atoms with Crippen molar-refractivity contribution in [2.75, 3.05) is 7.05 Å². The Kier molecular flexibility index (Phi) is 4.64. The molecular weight excluding hydrogens is 292 g/mol. The molecule has 2 rings (SSSR count). The van der Waals surface area contributed by atoms with Gasteiger partial charge in [-0.1, -0.05) is 6.07 Å². The first kappa shape index (κ1) is 15.1. The third-order valence-corrected chi connectivity index (χ3v) is 3.82. The molecular formula is C14H16N2O4S. The van der Waals surface area contributed by atoms with Gasteiger partial charge in [-0.05, 0) is 30.5 Å². The van der Waals surface area contributed by atoms with Crippen molar-refractivity contribution in [1.82, 2.24) is 10.2 Å². The molecule has 0 fully saturated rings. The molecule has 2 amide bonds. The van der Waals surface area contributed by atoms with Crippen LogP contribution in [0.4, 0.5) is 4.79 Å². The van der Waals surface area contributed by atoms with Crippen molar-refractivity contribution in [3.8, 4) is 0 Å². The molecule has 0 saturated carbocycles. The number of aryl methyl sites for hydroxylation is 1. The zero-order valence-corrected chi connectivity index (χ0v) is 12.5. The van der Waals surface area contributed by atoms with Crippen LogP contribution >= 0.6 is 11.3 Å². The zero-order valence-electron chi connectivity index (χ0n) is 11.7. The van der Waals surface area contributed by atoms with E-state index in [9.17, 15) is 14.7 Å². The summed E-state index contributed by atoms with van der Waals surface area (Å²) in [6, 6.07) is 5.51. The molecule has 1 atom stereocenters. The van der Waals surface area contributed by atoms with Crippen LogP contribution in [0.15, 0.2) is 34.1 Å². The Labute approximate surface area is 126 Å². The number of amides is 2. The topological polar surface area (TPSA) is 82.8 Å². The highest BCUT2D eigenvalue weighted by Crippen LogP contribution is 2.19. The van der Waals surface area contributed by atoms with E-state index in [0.29, 0.717) is 10.6 Å². The largest absolute Gasteiger partial charge is 0.479 e. The van der Waals surface area contributed by atoms with Gasteiger partial charge in [0.2, 0.25) is 0 Å². The van der Waals surface area contributed by atoms with Crippen LogP contribution in [0.3, 0.4) is 0 Å². The molecule has 2 aromatic heterocycles. The number of carboxylic acid groups (broad SMARTS) is 1. The summed E-state index contributed by atoms with van der Waals surface area (Å²) >= 11 is 1.29. The van der Waals surface area contributed by atoms with Gasteiger partial charge in [-0.2, -0.15) is 0 Å². The molecule has 0 aliphatic heterocycles. The van der Waals surface area contributed by atoms with E-state index in [0.717, 1.165) is 5.76 Å². The lowest BCUT2D eigenvalue weighted by Crippen LogP contribution is -2.41. The van der Waals surface area contributed by atoms with E-state index in [1.165, 1.54) is 16.2 Å². The van der Waals surface area contributed by atoms with Crippen LogP contribution in [0, 0.1) is 6.92 Å². The summed E-state index contributed by atoms with van der Waals surface area (Å²) < 4.78 is 5.39. The number of carbonyl (C=O) groups is 2. The van der Waals surface area contributed by atoms with Crippen LogP contribution in [0.25, 0.3) is 0 Å². The number of carboxylic acids is 1. The number of aliphatic carboxylic acids is 1. The van der Waals surface area contributed by atoms with Crippen molar-refractivity contribution in [2.45, 2.75) is 19.5 Å². The molecule has 0 aliphatic rings. The molecule has 1 unspecified atom stereocenters. The average Bonchev–Trinajstić information content (AvgIpc) is 3.07. The summed E-state index contributed by atoms with van der Waals surface area (Å²) in [5.74, 6) is 0.321. The zero-order chi connectivity index (χ0) is 15.4. The van der Waals surface area contributed by atoms with E-state index in [2.05, 4.69) is 5.32 Å². The van der Waals surface area contributed by atoms with Crippen LogP contribution in [-0.2, 0) is 11.3 Å². The van der Waals surface area contributed by atoms with Crippen molar-refractivity contribution in [3.05, 3.63) is 46.0 Å². The highest BCUT2D eigenvalue weighted by atomic mass is 32.1. The standard InChI is InChI=1S/C14H16N2O4S/c1-9-5-6-10(20-9)8-16(2)14(19)15-12(13(17)18)11-4-3-7-21-11/h3-7,12H,8H2,1-2H3,(H,15,19)(H,17,18). The minimum atomic E-state index is -1.09. The van der Waals surface area contributed by atoms with Gasteiger partial charge in [0.1, 0.15) is 11.5 Å².